The van der Waals surface area contributed by atoms with Crippen LogP contribution >= 0.6 is 0 Å². The molecule has 0 radical (unpaired) electrons. The van der Waals surface area contributed by atoms with Gasteiger partial charge in [0.15, 0.2) is 0 Å². The number of hydrogen-bond acceptors (Lipinski definition) is 3. The van der Waals surface area contributed by atoms with E-state index in [2.05, 4.69) is 102 Å². The van der Waals surface area contributed by atoms with Crippen molar-refractivity contribution in [2.24, 2.45) is 0 Å². The molecule has 0 aliphatic heterocycles. The first kappa shape index (κ1) is 36.0. The lowest BCUT2D eigenvalue weighted by molar-refractivity contribution is -0.897. The Bertz CT molecular complexity index is 1150. The number of benzene rings is 3. The highest BCUT2D eigenvalue weighted by atomic mass is 35.5. The lowest BCUT2D eigenvalue weighted by Crippen LogP contribution is -3.00. The van der Waals surface area contributed by atoms with Gasteiger partial charge in [-0.1, -0.05) is 104 Å². The second-order valence-electron chi connectivity index (χ2n) is 10.3. The summed E-state index contributed by atoms with van der Waals surface area (Å²) < 4.78 is 32.4. The zero-order valence-corrected chi connectivity index (χ0v) is 25.2. The van der Waals surface area contributed by atoms with Gasteiger partial charge in [0.1, 0.15) is 23.2 Å². The lowest BCUT2D eigenvalue weighted by atomic mass is 10.2. The first-order chi connectivity index (χ1) is 17.9. The minimum atomic E-state index is -4.25. The maximum Gasteiger partial charge on any atom is 0.117 e. The monoisotopic (exact) mass is 570 g/mol. The summed E-state index contributed by atoms with van der Waals surface area (Å²) in [6, 6.07) is 29.9. The van der Waals surface area contributed by atoms with Crippen LogP contribution in [0, 0.1) is 0 Å². The normalized spacial score (nSPS) is 11.2. The number of rotatable bonds is 10. The summed E-state index contributed by atoms with van der Waals surface area (Å²) in [5.74, 6) is 0. The third-order valence-corrected chi connectivity index (χ3v) is 5.85. The van der Waals surface area contributed by atoms with Crippen LogP contribution in [0.4, 0.5) is 0 Å². The Morgan fingerprint density at radius 2 is 1.00 bits per heavy atom. The number of quaternary nitrogens is 2. The van der Waals surface area contributed by atoms with Crippen LogP contribution in [0.15, 0.2) is 122 Å². The van der Waals surface area contributed by atoms with E-state index in [1.54, 1.807) is 24.3 Å². The quantitative estimate of drug-likeness (QED) is 0.214. The van der Waals surface area contributed by atoms with Gasteiger partial charge in [-0.3, -0.25) is 0 Å². The van der Waals surface area contributed by atoms with Gasteiger partial charge in [-0.15, -0.1) is 0 Å². The largest absolute Gasteiger partial charge is 1.00 e. The summed E-state index contributed by atoms with van der Waals surface area (Å²) >= 11 is 0. The highest BCUT2D eigenvalue weighted by Gasteiger charge is 2.13. The predicted octanol–water partition coefficient (Wildman–Crippen LogP) is 3.10. The van der Waals surface area contributed by atoms with Crippen LogP contribution in [0.5, 0.6) is 0 Å². The van der Waals surface area contributed by atoms with Crippen LogP contribution < -0.4 is 12.4 Å². The van der Waals surface area contributed by atoms with Gasteiger partial charge in [0.25, 0.3) is 0 Å². The highest BCUT2D eigenvalue weighted by molar-refractivity contribution is 7.88. The summed E-state index contributed by atoms with van der Waals surface area (Å²) in [5, 5.41) is 0.641. The Morgan fingerprint density at radius 3 is 1.31 bits per heavy atom. The van der Waals surface area contributed by atoms with Gasteiger partial charge in [0.05, 0.1) is 41.3 Å². The molecule has 0 spiro atoms. The average molecular weight is 571 g/mol. The third-order valence-electron chi connectivity index (χ3n) is 5.38. The molecule has 3 rings (SSSR count). The van der Waals surface area contributed by atoms with Gasteiger partial charge >= 0.3 is 0 Å². The van der Waals surface area contributed by atoms with E-state index >= 15 is 0 Å². The molecular weight excluding hydrogens is 528 g/mol. The Kier molecular flexibility index (Phi) is 16.9. The van der Waals surface area contributed by atoms with Crippen LogP contribution in [-0.4, -0.2) is 63.2 Å². The third kappa shape index (κ3) is 18.8. The van der Waals surface area contributed by atoms with Crippen molar-refractivity contribution < 1.29 is 34.3 Å². The van der Waals surface area contributed by atoms with E-state index in [0.717, 1.165) is 35.1 Å². The van der Waals surface area contributed by atoms with E-state index in [-0.39, 0.29) is 12.4 Å². The highest BCUT2D eigenvalue weighted by Crippen LogP contribution is 2.09. The molecule has 0 fully saturated rings. The molecule has 0 saturated heterocycles. The van der Waals surface area contributed by atoms with Gasteiger partial charge in [-0.25, -0.2) is 8.42 Å². The Hall–Kier alpha value is -3.00. The molecule has 0 unspecified atom stereocenters. The fourth-order valence-corrected chi connectivity index (χ4v) is 4.03. The first-order valence-electron chi connectivity index (χ1n) is 12.5. The molecule has 39 heavy (non-hydrogen) atoms. The van der Waals surface area contributed by atoms with Crippen LogP contribution in [0.25, 0.3) is 6.08 Å². The summed E-state index contributed by atoms with van der Waals surface area (Å²) in [5.41, 5.74) is 3.46. The molecule has 0 amide bonds. The molecular formula is C32H43ClN2O3S. The number of hydrogen-bond donors (Lipinski definition) is 0. The van der Waals surface area contributed by atoms with Gasteiger partial charge in [0, 0.05) is 16.5 Å². The minimum absolute atomic E-state index is 0. The van der Waals surface area contributed by atoms with Crippen LogP contribution in [0.3, 0.4) is 0 Å². The first-order valence-corrected chi connectivity index (χ1v) is 14.0. The zero-order chi connectivity index (χ0) is 28.5. The second kappa shape index (κ2) is 18.3. The predicted molar refractivity (Wildman–Crippen MR) is 160 cm³/mol. The van der Waals surface area contributed by atoms with E-state index in [1.165, 1.54) is 17.2 Å². The van der Waals surface area contributed by atoms with Crippen molar-refractivity contribution in [3.05, 3.63) is 138 Å². The molecule has 0 saturated carbocycles. The SMILES string of the molecule is C=CC[N+](C)(C)Cc1ccccc1.C=CC[N+](C)(C)Cc1ccccc1.O=S(=O)([O-])C=Cc1ccccc1.[Cl-]. The topological polar surface area (TPSA) is 57.2 Å². The molecule has 0 aromatic heterocycles. The van der Waals surface area contributed by atoms with Gasteiger partial charge in [-0.05, 0) is 23.8 Å². The second-order valence-corrected chi connectivity index (χ2v) is 11.6. The average Bonchev–Trinajstić information content (AvgIpc) is 2.84. The Morgan fingerprint density at radius 1 is 0.667 bits per heavy atom. The van der Waals surface area contributed by atoms with E-state index in [1.807, 2.05) is 18.2 Å². The number of likely N-dealkylation sites (N-methyl/N-ethyl adjacent to an activating group) is 2. The van der Waals surface area contributed by atoms with Crippen molar-refractivity contribution in [3.8, 4) is 0 Å². The molecule has 0 atom stereocenters. The summed E-state index contributed by atoms with van der Waals surface area (Å²) in [6.45, 7) is 11.7. The zero-order valence-electron chi connectivity index (χ0n) is 23.6. The molecule has 0 heterocycles. The molecule has 212 valence electrons. The number of nitrogens with zero attached hydrogens (tertiary/aromatic N) is 2. The Labute approximate surface area is 242 Å². The molecule has 0 N–H and O–H groups in total. The molecule has 3 aromatic carbocycles. The van der Waals surface area contributed by atoms with Crippen LogP contribution in [-0.2, 0) is 23.2 Å². The maximum atomic E-state index is 10.2. The van der Waals surface area contributed by atoms with Crippen LogP contribution in [0.1, 0.15) is 16.7 Å². The summed E-state index contributed by atoms with van der Waals surface area (Å²) in [4.78, 5) is 0. The smallest absolute Gasteiger partial charge is 0.117 e. The van der Waals surface area contributed by atoms with E-state index < -0.39 is 10.1 Å². The van der Waals surface area contributed by atoms with Crippen molar-refractivity contribution in [2.75, 3.05) is 41.3 Å². The van der Waals surface area contributed by atoms with Gasteiger partial charge < -0.3 is 25.9 Å². The van der Waals surface area contributed by atoms with E-state index in [4.69, 9.17) is 0 Å². The Balaban J connectivity index is 0.000000549. The standard InChI is InChI=1S/2C12H18N.C8H8O3S.ClH/c2*1-4-10-13(2,3)11-12-8-6-5-7-9-12;9-12(10,11)7-6-8-4-2-1-3-5-8;/h2*4-9H,1,10-11H2,2-3H3;1-7H,(H,9,10,11);1H/q2*+1;;/p-2. The molecule has 0 aliphatic carbocycles. The molecule has 0 bridgehead atoms. The molecule has 7 heteroatoms. The fourth-order valence-electron chi connectivity index (χ4n) is 3.71. The fraction of sp³-hybridized carbons (Fsp3) is 0.250. The van der Waals surface area contributed by atoms with Crippen molar-refractivity contribution in [2.45, 2.75) is 13.1 Å². The molecule has 3 aromatic rings. The summed E-state index contributed by atoms with van der Waals surface area (Å²) in [6.07, 6.45) is 5.22. The van der Waals surface area contributed by atoms with Crippen molar-refractivity contribution in [3.63, 3.8) is 0 Å². The van der Waals surface area contributed by atoms with Gasteiger partial charge in [-0.2, -0.15) is 0 Å². The number of halogens is 1. The molecule has 0 aliphatic rings. The van der Waals surface area contributed by atoms with E-state index in [0.29, 0.717) is 11.0 Å². The lowest BCUT2D eigenvalue weighted by Gasteiger charge is -2.28. The molecule has 5 nitrogen and oxygen atoms in total. The van der Waals surface area contributed by atoms with Crippen molar-refractivity contribution >= 4 is 16.2 Å². The summed E-state index contributed by atoms with van der Waals surface area (Å²) in [7, 11) is 4.61. The van der Waals surface area contributed by atoms with Crippen LogP contribution in [0.2, 0.25) is 0 Å². The van der Waals surface area contributed by atoms with Crippen molar-refractivity contribution in [1.82, 2.24) is 0 Å². The van der Waals surface area contributed by atoms with Gasteiger partial charge in [0.2, 0.25) is 0 Å². The maximum absolute atomic E-state index is 10.2. The minimum Gasteiger partial charge on any atom is -1.00 e. The van der Waals surface area contributed by atoms with Crippen molar-refractivity contribution in [1.29, 1.82) is 0 Å². The van der Waals surface area contributed by atoms with E-state index in [9.17, 15) is 13.0 Å².